The summed E-state index contributed by atoms with van der Waals surface area (Å²) in [7, 11) is 0. The second-order valence-corrected chi connectivity index (χ2v) is 5.74. The lowest BCUT2D eigenvalue weighted by Gasteiger charge is -2.14. The Morgan fingerprint density at radius 3 is 2.19 bits per heavy atom. The van der Waals surface area contributed by atoms with Gasteiger partial charge in [-0.3, -0.25) is 4.79 Å². The van der Waals surface area contributed by atoms with E-state index in [2.05, 4.69) is 19.2 Å². The summed E-state index contributed by atoms with van der Waals surface area (Å²) in [6, 6.07) is 12.9. The van der Waals surface area contributed by atoms with Crippen LogP contribution in [0.25, 0.3) is 6.08 Å². The number of hydrogen-bond acceptors (Lipinski definition) is 3. The number of nitrogens with one attached hydrogen (secondary N) is 1. The molecule has 0 aromatic heterocycles. The van der Waals surface area contributed by atoms with Gasteiger partial charge >= 0.3 is 5.97 Å². The minimum atomic E-state index is -0.999. The molecule has 0 aliphatic carbocycles. The predicted molar refractivity (Wildman–Crippen MR) is 102 cm³/mol. The van der Waals surface area contributed by atoms with Crippen molar-refractivity contribution in [2.24, 2.45) is 0 Å². The average molecular weight is 353 g/mol. The van der Waals surface area contributed by atoms with Gasteiger partial charge in [0.25, 0.3) is 5.91 Å². The SMILES string of the molecule is CCc1cccc(CC)c1NC(=O)COc1ccc(/C=C/C(=O)O)cc1. The first kappa shape index (κ1) is 19.2. The molecule has 2 aromatic carbocycles. The third-order valence-corrected chi connectivity index (χ3v) is 3.93. The zero-order valence-electron chi connectivity index (χ0n) is 15.0. The Kier molecular flexibility index (Phi) is 6.97. The summed E-state index contributed by atoms with van der Waals surface area (Å²) >= 11 is 0. The largest absolute Gasteiger partial charge is 0.484 e. The number of carbonyl (C=O) groups excluding carboxylic acids is 1. The third kappa shape index (κ3) is 5.48. The normalized spacial score (nSPS) is 10.7. The van der Waals surface area contributed by atoms with Crippen molar-refractivity contribution in [3.8, 4) is 5.75 Å². The monoisotopic (exact) mass is 353 g/mol. The van der Waals surface area contributed by atoms with Crippen molar-refractivity contribution >= 4 is 23.6 Å². The zero-order chi connectivity index (χ0) is 18.9. The molecule has 0 aliphatic heterocycles. The second kappa shape index (κ2) is 9.42. The molecule has 0 heterocycles. The molecule has 0 bridgehead atoms. The maximum absolute atomic E-state index is 12.3. The van der Waals surface area contributed by atoms with Crippen LogP contribution in [0.2, 0.25) is 0 Å². The Hall–Kier alpha value is -3.08. The van der Waals surface area contributed by atoms with Crippen LogP contribution >= 0.6 is 0 Å². The van der Waals surface area contributed by atoms with Gasteiger partial charge in [0.2, 0.25) is 0 Å². The van der Waals surface area contributed by atoms with E-state index in [1.54, 1.807) is 24.3 Å². The van der Waals surface area contributed by atoms with Crippen LogP contribution in [-0.2, 0) is 22.4 Å². The van der Waals surface area contributed by atoms with Crippen LogP contribution in [0.5, 0.6) is 5.75 Å². The van der Waals surface area contributed by atoms with Crippen LogP contribution < -0.4 is 10.1 Å². The number of para-hydroxylation sites is 1. The highest BCUT2D eigenvalue weighted by molar-refractivity contribution is 5.93. The van der Waals surface area contributed by atoms with E-state index >= 15 is 0 Å². The van der Waals surface area contributed by atoms with E-state index in [1.165, 1.54) is 6.08 Å². The molecule has 0 radical (unpaired) electrons. The van der Waals surface area contributed by atoms with Crippen molar-refractivity contribution in [1.29, 1.82) is 0 Å². The first-order valence-corrected chi connectivity index (χ1v) is 8.58. The number of ether oxygens (including phenoxy) is 1. The number of aliphatic carboxylic acids is 1. The molecule has 5 nitrogen and oxygen atoms in total. The molecule has 2 aromatic rings. The van der Waals surface area contributed by atoms with Crippen LogP contribution in [0.4, 0.5) is 5.69 Å². The van der Waals surface area contributed by atoms with Gasteiger partial charge in [0.1, 0.15) is 5.75 Å². The number of anilines is 1. The highest BCUT2D eigenvalue weighted by Gasteiger charge is 2.10. The number of carboxylic acids is 1. The fourth-order valence-electron chi connectivity index (χ4n) is 2.57. The van der Waals surface area contributed by atoms with E-state index in [-0.39, 0.29) is 12.5 Å². The zero-order valence-corrected chi connectivity index (χ0v) is 15.0. The Morgan fingerprint density at radius 1 is 1.04 bits per heavy atom. The summed E-state index contributed by atoms with van der Waals surface area (Å²) in [5.74, 6) is -0.664. The molecular weight excluding hydrogens is 330 g/mol. The Balaban J connectivity index is 1.96. The molecule has 0 saturated carbocycles. The second-order valence-electron chi connectivity index (χ2n) is 5.74. The highest BCUT2D eigenvalue weighted by atomic mass is 16.5. The molecule has 0 unspecified atom stereocenters. The number of benzene rings is 2. The van der Waals surface area contributed by atoms with Gasteiger partial charge in [-0.05, 0) is 47.7 Å². The lowest BCUT2D eigenvalue weighted by molar-refractivity contribution is -0.131. The number of amides is 1. The first-order chi connectivity index (χ1) is 12.5. The Morgan fingerprint density at radius 2 is 1.65 bits per heavy atom. The minimum Gasteiger partial charge on any atom is -0.484 e. The summed E-state index contributed by atoms with van der Waals surface area (Å²) in [5.41, 5.74) is 3.83. The molecule has 0 aliphatic rings. The number of hydrogen-bond donors (Lipinski definition) is 2. The van der Waals surface area contributed by atoms with Crippen molar-refractivity contribution in [2.45, 2.75) is 26.7 Å². The van der Waals surface area contributed by atoms with Gasteiger partial charge in [-0.15, -0.1) is 0 Å². The topological polar surface area (TPSA) is 75.6 Å². The maximum Gasteiger partial charge on any atom is 0.328 e. The van der Waals surface area contributed by atoms with Crippen LogP contribution in [0.15, 0.2) is 48.5 Å². The quantitative estimate of drug-likeness (QED) is 0.705. The predicted octanol–water partition coefficient (Wildman–Crippen LogP) is 3.93. The smallest absolute Gasteiger partial charge is 0.328 e. The molecule has 26 heavy (non-hydrogen) atoms. The lowest BCUT2D eigenvalue weighted by atomic mass is 10.0. The van der Waals surface area contributed by atoms with E-state index in [0.29, 0.717) is 5.75 Å². The molecule has 5 heteroatoms. The molecule has 0 spiro atoms. The fraction of sp³-hybridized carbons (Fsp3) is 0.238. The van der Waals surface area contributed by atoms with Gasteiger partial charge < -0.3 is 15.2 Å². The average Bonchev–Trinajstić information content (AvgIpc) is 2.65. The molecule has 2 N–H and O–H groups in total. The van der Waals surface area contributed by atoms with Crippen LogP contribution in [0.3, 0.4) is 0 Å². The molecule has 0 atom stereocenters. The number of rotatable bonds is 8. The van der Waals surface area contributed by atoms with Crippen molar-refractivity contribution in [2.75, 3.05) is 11.9 Å². The summed E-state index contributed by atoms with van der Waals surface area (Å²) in [4.78, 5) is 22.8. The van der Waals surface area contributed by atoms with Crippen molar-refractivity contribution in [3.05, 3.63) is 65.2 Å². The van der Waals surface area contributed by atoms with Gasteiger partial charge in [-0.25, -0.2) is 4.79 Å². The van der Waals surface area contributed by atoms with E-state index in [9.17, 15) is 9.59 Å². The van der Waals surface area contributed by atoms with Gasteiger partial charge in [-0.1, -0.05) is 44.2 Å². The van der Waals surface area contributed by atoms with Crippen LogP contribution in [0, 0.1) is 0 Å². The molecule has 2 rings (SSSR count). The molecular formula is C21H23NO4. The Labute approximate surface area is 153 Å². The van der Waals surface area contributed by atoms with E-state index < -0.39 is 5.97 Å². The van der Waals surface area contributed by atoms with Gasteiger partial charge in [0.15, 0.2) is 6.61 Å². The third-order valence-electron chi connectivity index (χ3n) is 3.93. The maximum atomic E-state index is 12.3. The number of aryl methyl sites for hydroxylation is 2. The minimum absolute atomic E-state index is 0.0918. The summed E-state index contributed by atoms with van der Waals surface area (Å²) in [6.45, 7) is 4.02. The van der Waals surface area contributed by atoms with E-state index in [4.69, 9.17) is 9.84 Å². The number of carbonyl (C=O) groups is 2. The van der Waals surface area contributed by atoms with Crippen molar-refractivity contribution in [1.82, 2.24) is 0 Å². The molecule has 1 amide bonds. The summed E-state index contributed by atoms with van der Waals surface area (Å²) in [5, 5.41) is 11.6. The lowest BCUT2D eigenvalue weighted by Crippen LogP contribution is -2.21. The van der Waals surface area contributed by atoms with Crippen molar-refractivity contribution in [3.63, 3.8) is 0 Å². The van der Waals surface area contributed by atoms with Gasteiger partial charge in [-0.2, -0.15) is 0 Å². The van der Waals surface area contributed by atoms with E-state index in [0.717, 1.165) is 41.3 Å². The molecule has 0 saturated heterocycles. The molecule has 0 fully saturated rings. The first-order valence-electron chi connectivity index (χ1n) is 8.58. The van der Waals surface area contributed by atoms with Gasteiger partial charge in [0, 0.05) is 11.8 Å². The van der Waals surface area contributed by atoms with E-state index in [1.807, 2.05) is 18.2 Å². The van der Waals surface area contributed by atoms with Crippen molar-refractivity contribution < 1.29 is 19.4 Å². The molecule has 136 valence electrons. The standard InChI is InChI=1S/C21H23NO4/c1-3-16-6-5-7-17(4-2)21(16)22-19(23)14-26-18-11-8-15(9-12-18)10-13-20(24)25/h5-13H,3-4,14H2,1-2H3,(H,22,23)(H,24,25)/b13-10+. The van der Waals surface area contributed by atoms with Gasteiger partial charge in [0.05, 0.1) is 0 Å². The summed E-state index contributed by atoms with van der Waals surface area (Å²) < 4.78 is 5.52. The summed E-state index contributed by atoms with van der Waals surface area (Å²) in [6.07, 6.45) is 4.25. The number of carboxylic acid groups (broad SMARTS) is 1. The fourth-order valence-corrected chi connectivity index (χ4v) is 2.57. The Bertz CT molecular complexity index is 772. The van der Waals surface area contributed by atoms with Crippen LogP contribution in [0.1, 0.15) is 30.5 Å². The highest BCUT2D eigenvalue weighted by Crippen LogP contribution is 2.22. The van der Waals surface area contributed by atoms with Crippen LogP contribution in [-0.4, -0.2) is 23.6 Å².